The molecule has 31 heavy (non-hydrogen) atoms. The predicted octanol–water partition coefficient (Wildman–Crippen LogP) is 6.33. The third-order valence-electron chi connectivity index (χ3n) is 5.20. The Morgan fingerprint density at radius 3 is 2.52 bits per heavy atom. The van der Waals surface area contributed by atoms with Gasteiger partial charge in [-0.1, -0.05) is 35.9 Å². The fourth-order valence-electron chi connectivity index (χ4n) is 3.58. The number of carbonyl (C=O) groups is 1. The number of aryl methyl sites for hydroxylation is 2. The molecule has 1 heterocycles. The molecule has 4 aromatic rings. The minimum Gasteiger partial charge on any atom is -0.489 e. The number of nitrogens with zero attached hydrogens (tertiary/aromatic N) is 1. The molecule has 0 amide bonds. The van der Waals surface area contributed by atoms with Crippen molar-refractivity contribution in [1.82, 2.24) is 4.57 Å². The number of benzene rings is 3. The fourth-order valence-corrected chi connectivity index (χ4v) is 3.84. The number of carboxylic acids is 1. The molecule has 0 spiro atoms. The number of aromatic nitrogens is 1. The van der Waals surface area contributed by atoms with Crippen molar-refractivity contribution in [3.63, 3.8) is 0 Å². The van der Waals surface area contributed by atoms with E-state index >= 15 is 0 Å². The molecule has 0 aliphatic carbocycles. The maximum atomic E-state index is 13.5. The van der Waals surface area contributed by atoms with E-state index in [1.54, 1.807) is 6.07 Å². The first kappa shape index (κ1) is 20.9. The summed E-state index contributed by atoms with van der Waals surface area (Å²) in [6.07, 6.45) is 2.44. The van der Waals surface area contributed by atoms with Crippen LogP contribution in [0.15, 0.2) is 66.9 Å². The molecule has 0 saturated carbocycles. The summed E-state index contributed by atoms with van der Waals surface area (Å²) in [7, 11) is 0. The van der Waals surface area contributed by atoms with Gasteiger partial charge in [-0.05, 0) is 66.4 Å². The molecule has 4 nitrogen and oxygen atoms in total. The molecule has 4 rings (SSSR count). The van der Waals surface area contributed by atoms with Crippen LogP contribution in [0, 0.1) is 12.7 Å². The highest BCUT2D eigenvalue weighted by Gasteiger charge is 2.12. The molecule has 158 valence electrons. The van der Waals surface area contributed by atoms with E-state index in [0.29, 0.717) is 23.8 Å². The van der Waals surface area contributed by atoms with E-state index in [1.165, 1.54) is 12.1 Å². The van der Waals surface area contributed by atoms with Crippen molar-refractivity contribution in [2.24, 2.45) is 0 Å². The molecular formula is C25H21ClFNO3. The lowest BCUT2D eigenvalue weighted by molar-refractivity contribution is -0.136. The summed E-state index contributed by atoms with van der Waals surface area (Å²) >= 11 is 6.43. The van der Waals surface area contributed by atoms with Crippen molar-refractivity contribution in [3.05, 3.63) is 94.4 Å². The molecule has 0 aliphatic rings. The van der Waals surface area contributed by atoms with E-state index in [0.717, 1.165) is 33.3 Å². The smallest absolute Gasteiger partial charge is 0.303 e. The molecule has 0 saturated heterocycles. The molecule has 3 aromatic carbocycles. The van der Waals surface area contributed by atoms with E-state index in [2.05, 4.69) is 0 Å². The van der Waals surface area contributed by atoms with Gasteiger partial charge in [-0.2, -0.15) is 0 Å². The first-order valence-electron chi connectivity index (χ1n) is 9.90. The van der Waals surface area contributed by atoms with Crippen LogP contribution in [0.2, 0.25) is 5.02 Å². The van der Waals surface area contributed by atoms with E-state index in [1.807, 2.05) is 60.2 Å². The Balaban J connectivity index is 1.54. The summed E-state index contributed by atoms with van der Waals surface area (Å²) in [4.78, 5) is 10.7. The first-order chi connectivity index (χ1) is 14.9. The van der Waals surface area contributed by atoms with Gasteiger partial charge in [0.25, 0.3) is 0 Å². The topological polar surface area (TPSA) is 51.5 Å². The lowest BCUT2D eigenvalue weighted by Gasteiger charge is -2.11. The number of halogens is 2. The Morgan fingerprint density at radius 1 is 1.06 bits per heavy atom. The van der Waals surface area contributed by atoms with Crippen LogP contribution in [0.4, 0.5) is 4.39 Å². The van der Waals surface area contributed by atoms with E-state index < -0.39 is 5.97 Å². The molecule has 6 heteroatoms. The Labute approximate surface area is 184 Å². The van der Waals surface area contributed by atoms with Gasteiger partial charge >= 0.3 is 5.97 Å². The molecule has 0 radical (unpaired) electrons. The van der Waals surface area contributed by atoms with Crippen molar-refractivity contribution in [2.45, 2.75) is 26.4 Å². The number of rotatable bonds is 7. The van der Waals surface area contributed by atoms with Crippen molar-refractivity contribution in [3.8, 4) is 11.4 Å². The second-order valence-corrected chi connectivity index (χ2v) is 7.86. The van der Waals surface area contributed by atoms with E-state index in [4.69, 9.17) is 21.4 Å². The lowest BCUT2D eigenvalue weighted by Crippen LogP contribution is -1.99. The van der Waals surface area contributed by atoms with Crippen LogP contribution >= 0.6 is 11.6 Å². The molecular weight excluding hydrogens is 417 g/mol. The van der Waals surface area contributed by atoms with Crippen LogP contribution < -0.4 is 4.74 Å². The van der Waals surface area contributed by atoms with Gasteiger partial charge < -0.3 is 14.4 Å². The van der Waals surface area contributed by atoms with Crippen molar-refractivity contribution in [1.29, 1.82) is 0 Å². The predicted molar refractivity (Wildman–Crippen MR) is 120 cm³/mol. The normalized spacial score (nSPS) is 11.1. The van der Waals surface area contributed by atoms with Gasteiger partial charge in [0.1, 0.15) is 18.2 Å². The third kappa shape index (κ3) is 4.72. The van der Waals surface area contributed by atoms with Crippen LogP contribution in [0.25, 0.3) is 16.6 Å². The number of hydrogen-bond acceptors (Lipinski definition) is 2. The van der Waals surface area contributed by atoms with Gasteiger partial charge in [0.2, 0.25) is 0 Å². The van der Waals surface area contributed by atoms with Crippen LogP contribution in [0.5, 0.6) is 5.75 Å². The van der Waals surface area contributed by atoms with Crippen molar-refractivity contribution < 1.29 is 19.0 Å². The van der Waals surface area contributed by atoms with Gasteiger partial charge in [0.15, 0.2) is 0 Å². The second-order valence-electron chi connectivity index (χ2n) is 7.46. The Kier molecular flexibility index (Phi) is 5.96. The van der Waals surface area contributed by atoms with Crippen LogP contribution in [-0.4, -0.2) is 15.6 Å². The zero-order chi connectivity index (χ0) is 22.0. The summed E-state index contributed by atoms with van der Waals surface area (Å²) < 4.78 is 21.4. The summed E-state index contributed by atoms with van der Waals surface area (Å²) in [6, 6.07) is 18.1. The number of fused-ring (bicyclic) bond motifs is 1. The molecule has 0 bridgehead atoms. The highest BCUT2D eigenvalue weighted by molar-refractivity contribution is 6.35. The maximum Gasteiger partial charge on any atom is 0.303 e. The van der Waals surface area contributed by atoms with Crippen LogP contribution in [0.3, 0.4) is 0 Å². The highest BCUT2D eigenvalue weighted by Crippen LogP contribution is 2.31. The summed E-state index contributed by atoms with van der Waals surface area (Å²) in [5.41, 5.74) is 4.54. The first-order valence-corrected chi connectivity index (χ1v) is 10.3. The molecule has 0 atom stereocenters. The molecule has 0 unspecified atom stereocenters. The Morgan fingerprint density at radius 2 is 1.81 bits per heavy atom. The number of aliphatic carboxylic acids is 1. The Bertz CT molecular complexity index is 1250. The van der Waals surface area contributed by atoms with Crippen LogP contribution in [0.1, 0.15) is 23.1 Å². The average Bonchev–Trinajstić information content (AvgIpc) is 3.07. The summed E-state index contributed by atoms with van der Waals surface area (Å²) in [5, 5.41) is 10.3. The molecule has 0 aliphatic heterocycles. The summed E-state index contributed by atoms with van der Waals surface area (Å²) in [6.45, 7) is 2.24. The monoisotopic (exact) mass is 437 g/mol. The zero-order valence-electron chi connectivity index (χ0n) is 16.9. The lowest BCUT2D eigenvalue weighted by atomic mass is 10.1. The summed E-state index contributed by atoms with van der Waals surface area (Å²) in [5.74, 6) is -0.370. The van der Waals surface area contributed by atoms with Crippen molar-refractivity contribution in [2.75, 3.05) is 0 Å². The minimum absolute atomic E-state index is 0.107. The van der Waals surface area contributed by atoms with Gasteiger partial charge in [-0.3, -0.25) is 4.79 Å². The molecule has 1 N–H and O–H groups in total. The molecule has 0 fully saturated rings. The second kappa shape index (κ2) is 8.82. The molecule has 1 aromatic heterocycles. The largest absolute Gasteiger partial charge is 0.489 e. The Hall–Kier alpha value is -3.31. The standard InChI is InChI=1S/C25H21ClFNO3/c1-16-12-19(27)6-10-23(16)28-14-22(26)21-9-4-18(13-24(21)28)15-31-20-7-2-17(3-8-20)5-11-25(29)30/h2-4,6-10,12-14H,5,11,15H2,1H3,(H,29,30). The average molecular weight is 438 g/mol. The zero-order valence-corrected chi connectivity index (χ0v) is 17.7. The third-order valence-corrected chi connectivity index (χ3v) is 5.50. The quantitative estimate of drug-likeness (QED) is 0.367. The van der Waals surface area contributed by atoms with Crippen LogP contribution in [-0.2, 0) is 17.8 Å². The maximum absolute atomic E-state index is 13.5. The van der Waals surface area contributed by atoms with Gasteiger partial charge in [-0.15, -0.1) is 0 Å². The SMILES string of the molecule is Cc1cc(F)ccc1-n1cc(Cl)c2ccc(COc3ccc(CCC(=O)O)cc3)cc21. The minimum atomic E-state index is -0.809. The van der Waals surface area contributed by atoms with Crippen molar-refractivity contribution >= 4 is 28.5 Å². The van der Waals surface area contributed by atoms with Gasteiger partial charge in [-0.25, -0.2) is 4.39 Å². The van der Waals surface area contributed by atoms with Gasteiger partial charge in [0, 0.05) is 23.7 Å². The highest BCUT2D eigenvalue weighted by atomic mass is 35.5. The van der Waals surface area contributed by atoms with Gasteiger partial charge in [0.05, 0.1) is 10.5 Å². The number of hydrogen-bond donors (Lipinski definition) is 1. The number of carboxylic acid groups (broad SMARTS) is 1. The number of ether oxygens (including phenoxy) is 1. The fraction of sp³-hybridized carbons (Fsp3) is 0.160. The van der Waals surface area contributed by atoms with E-state index in [-0.39, 0.29) is 12.2 Å². The van der Waals surface area contributed by atoms with E-state index in [9.17, 15) is 9.18 Å².